The second kappa shape index (κ2) is 71.8. The fourth-order valence-electron chi connectivity index (χ4n) is 14.6. The van der Waals surface area contributed by atoms with E-state index in [9.17, 15) is 38.4 Å². The maximum absolute atomic E-state index is 12.7. The number of nitrogens with zero attached hydrogens (tertiary/aromatic N) is 13. The number of hydrogen-bond donors (Lipinski definition) is 16. The van der Waals surface area contributed by atoms with Crippen LogP contribution in [0.1, 0.15) is 288 Å². The van der Waals surface area contributed by atoms with E-state index in [0.29, 0.717) is 101 Å². The number of unbranched alkanes of at least 4 members (excludes halogenated alkanes) is 12. The summed E-state index contributed by atoms with van der Waals surface area (Å²) in [7, 11) is 0. The molecule has 6 atom stereocenters. The van der Waals surface area contributed by atoms with Crippen molar-refractivity contribution in [1.29, 1.82) is 0 Å². The minimum atomic E-state index is -0.402. The van der Waals surface area contributed by atoms with Gasteiger partial charge in [-0.2, -0.15) is 21.9 Å². The Kier molecular flexibility index (Phi) is 59.3. The van der Waals surface area contributed by atoms with Gasteiger partial charge in [-0.05, 0) is 261 Å². The van der Waals surface area contributed by atoms with E-state index >= 15 is 0 Å². The molecule has 0 spiro atoms. The fraction of sp³-hybridized carbons (Fsp3) is 0.398. The molecule has 6 aromatic carbocycles. The molecule has 6 unspecified atom stereocenters. The van der Waals surface area contributed by atoms with Gasteiger partial charge < -0.3 is 48.6 Å². The van der Waals surface area contributed by atoms with Crippen LogP contribution in [0.5, 0.6) is 0 Å². The van der Waals surface area contributed by atoms with Crippen molar-refractivity contribution in [1.82, 2.24) is 73.2 Å². The van der Waals surface area contributed by atoms with Crippen LogP contribution in [-0.4, -0.2) is 145 Å². The first-order chi connectivity index (χ1) is 71.6. The molecule has 8 amide bonds. The highest BCUT2D eigenvalue weighted by Crippen LogP contribution is 2.34. The van der Waals surface area contributed by atoms with E-state index in [1.54, 1.807) is 36.5 Å². The van der Waals surface area contributed by atoms with Crippen LogP contribution in [0.25, 0.3) is 0 Å². The summed E-state index contributed by atoms with van der Waals surface area (Å²) in [5.41, 5.74) is 21.5. The fourth-order valence-corrected chi connectivity index (χ4v) is 19.2. The number of rotatable bonds is 54. The Hall–Kier alpha value is -12.7. The van der Waals surface area contributed by atoms with E-state index in [1.807, 2.05) is 215 Å². The van der Waals surface area contributed by atoms with Gasteiger partial charge in [0.05, 0.1) is 46.2 Å². The summed E-state index contributed by atoms with van der Waals surface area (Å²) in [6, 6.07) is 56.3. The van der Waals surface area contributed by atoms with Crippen LogP contribution in [0.4, 0.5) is 34.1 Å². The van der Waals surface area contributed by atoms with Gasteiger partial charge in [0.1, 0.15) is 65.0 Å². The molecule has 12 rings (SSSR count). The second-order valence-corrected chi connectivity index (χ2v) is 40.4. The summed E-state index contributed by atoms with van der Waals surface area (Å²) < 4.78 is 21.7. The topological polar surface area (TPSA) is 545 Å². The van der Waals surface area contributed by atoms with Gasteiger partial charge in [0, 0.05) is 76.2 Å². The lowest BCUT2D eigenvalue weighted by Crippen LogP contribution is -2.22. The van der Waals surface area contributed by atoms with Gasteiger partial charge in [0.25, 0.3) is 0 Å². The summed E-state index contributed by atoms with van der Waals surface area (Å²) in [6.45, 7) is 9.14. The molecule has 6 aromatic heterocycles. The van der Waals surface area contributed by atoms with Crippen LogP contribution in [0.15, 0.2) is 206 Å². The van der Waals surface area contributed by atoms with Crippen molar-refractivity contribution >= 4 is 208 Å². The highest BCUT2D eigenvalue weighted by atomic mass is 32.1. The van der Waals surface area contributed by atoms with Crippen molar-refractivity contribution in [3.05, 3.63) is 260 Å². The van der Waals surface area contributed by atoms with Gasteiger partial charge in [-0.15, -0.1) is 12.6 Å². The number of amidine groups is 1. The number of aromatic nitrogens is 12. The number of nitrogens with two attached hydrogens (primary N) is 2. The molecule has 6 heterocycles. The Morgan fingerprint density at radius 3 is 0.791 bits per heavy atom. The number of amides is 8. The molecular formula is C103H132N24O12S9. The van der Waals surface area contributed by atoms with Crippen molar-refractivity contribution in [2.75, 3.05) is 31.9 Å². The molecule has 17 N–H and O–H groups in total. The predicted molar refractivity (Wildman–Crippen MR) is 600 cm³/mol. The largest absolute Gasteiger partial charge is 0.409 e. The van der Waals surface area contributed by atoms with Crippen molar-refractivity contribution in [3.8, 4) is 0 Å². The molecule has 0 aliphatic carbocycles. The summed E-state index contributed by atoms with van der Waals surface area (Å²) in [4.78, 5) is 129. The van der Waals surface area contributed by atoms with Crippen LogP contribution < -0.4 is 59.8 Å². The third kappa shape index (κ3) is 49.9. The Labute approximate surface area is 905 Å². The maximum atomic E-state index is 12.7. The number of anilines is 6. The van der Waals surface area contributed by atoms with Gasteiger partial charge in [0.2, 0.25) is 47.3 Å². The Morgan fingerprint density at radius 2 is 0.568 bits per heavy atom. The molecule has 0 aliphatic rings. The van der Waals surface area contributed by atoms with Crippen molar-refractivity contribution in [3.63, 3.8) is 0 Å². The third-order valence-electron chi connectivity index (χ3n) is 22.2. The predicted octanol–water partition coefficient (Wildman–Crippen LogP) is 21.4. The number of aryl methyl sites for hydroxylation is 5. The SMILES string of the molecule is Cc1nsc(C(CCCCCC(=O)NO)C(=O)Nc2ccccc2)n1.Cc1nsc(C(CCCCCC(=S)NO)C(=O)Nc2ccccc2)n1.Cc1nsc(C(CCCCCC(=S)S)C(=O)Nc2ccccc2)n1.Cc1nsc(C(CCCCCC(N)=NO)C(=O)Nc2ccccc2)n1.Cc1nsc(C(CCCCCC(N)=S)C(=O)Nc2ccccc2)n1.O=C(CCCCCC(C(=O)Nc1ccccc1)c1cnccn1)NO. The Morgan fingerprint density at radius 1 is 0.324 bits per heavy atom. The molecule has 12 aromatic rings. The van der Waals surface area contributed by atoms with Gasteiger partial charge in [-0.25, -0.2) is 35.9 Å². The lowest BCUT2D eigenvalue weighted by Gasteiger charge is -2.16. The number of hydroxylamine groups is 3. The Bertz CT molecular complexity index is 5710. The monoisotopic (exact) mass is 2180 g/mol. The van der Waals surface area contributed by atoms with Crippen LogP contribution >= 0.6 is 107 Å². The third-order valence-corrected chi connectivity index (χ3v) is 27.7. The molecule has 148 heavy (non-hydrogen) atoms. The second-order valence-electron chi connectivity index (χ2n) is 34.1. The van der Waals surface area contributed by atoms with Crippen LogP contribution in [0.2, 0.25) is 0 Å². The number of thiol groups is 1. The number of carbonyl (C=O) groups excluding carboxylic acids is 8. The molecule has 790 valence electrons. The zero-order valence-corrected chi connectivity index (χ0v) is 90.9. The number of benzene rings is 6. The number of hydrogen-bond acceptors (Lipinski definition) is 33. The van der Waals surface area contributed by atoms with Crippen molar-refractivity contribution < 1.29 is 59.2 Å². The van der Waals surface area contributed by atoms with E-state index < -0.39 is 17.7 Å². The first-order valence-corrected chi connectivity index (χ1v) is 54.3. The lowest BCUT2D eigenvalue weighted by atomic mass is 9.96. The molecular weight excluding hydrogens is 2050 g/mol. The van der Waals surface area contributed by atoms with Crippen molar-refractivity contribution in [2.45, 2.75) is 263 Å². The number of thiocarbonyl (C=S) groups is 3. The summed E-state index contributed by atoms with van der Waals surface area (Å²) >= 11 is 25.3. The molecule has 0 bridgehead atoms. The van der Waals surface area contributed by atoms with Gasteiger partial charge in [-0.1, -0.05) is 228 Å². The highest BCUT2D eigenvalue weighted by Gasteiger charge is 2.31. The summed E-state index contributed by atoms with van der Waals surface area (Å²) in [5.74, 6) is 0.553. The maximum Gasteiger partial charge on any atom is 0.243 e. The minimum absolute atomic E-state index is 0.0259. The molecule has 45 heteroatoms. The van der Waals surface area contributed by atoms with E-state index in [0.717, 1.165) is 187 Å². The standard InChI is InChI=1S/C18H22N4O3.C17H23N5O2S.C17H22N4O3S.C17H22N4O2S2.C17H22N4OS2.C17H21N3OS3/c23-17(22-25)10-6-2-5-9-15(16-13-19-11-12-20-16)18(24)21-14-7-3-1-4-8-14;1-12-19-17(25-22-12)14(10-6-3-7-11-15(18)21-24)16(23)20-13-8-4-2-5-9-13;1-12-18-17(25-21-12)14(10-6-3-7-11-15(22)20-24)16(23)19-13-8-4-2-5-9-13;1-12-18-17(25-21-12)14(10-6-3-7-11-15(24)20-23)16(22)19-13-8-4-2-5-9-13;1-12-19-17(24-21-12)14(10-6-3-7-11-15(18)23)16(22)20-13-8-4-2-5-9-13;1-12-18-17(24-20-12)14(10-6-3-7-11-15(22)23)16(21)19-13-8-4-2-5-9-13/h1,3-4,7-8,11-13,15,25H,2,5-6,9-10H2,(H,21,24)(H,22,23);2,4-5,8-9,14,24H,3,6-7,10-11H2,1H3,(H2,18,21)(H,20,23);2,4-5,8-9,14,24H,3,6-7,10-11H2,1H3,(H,19,23)(H,20,22);2,4-5,8-9,14,23H,3,6-7,10-11H2,1H3,(H,19,22)(H,20,24);2,4-5,8-9,14H,3,6-7,10-11H2,1H3,(H2,18,23)(H,20,22);2,4-5,8-9,14H,3,6-7,10-11H2,1H3,(H,19,21)(H,22,23). The molecule has 0 radical (unpaired) electrons. The van der Waals surface area contributed by atoms with E-state index in [4.69, 9.17) is 68.9 Å². The first kappa shape index (κ1) is 122. The van der Waals surface area contributed by atoms with E-state index in [-0.39, 0.29) is 83.7 Å². The average molecular weight is 2190 g/mol. The molecule has 36 nitrogen and oxygen atoms in total. The number of para-hydroxylation sites is 6. The van der Waals surface area contributed by atoms with Crippen molar-refractivity contribution in [2.24, 2.45) is 16.6 Å². The Balaban J connectivity index is 0.000000240. The molecule has 0 saturated heterocycles. The smallest absolute Gasteiger partial charge is 0.243 e. The molecule has 0 fully saturated rings. The van der Waals surface area contributed by atoms with Crippen LogP contribution in [0, 0.1) is 34.6 Å². The van der Waals surface area contributed by atoms with Gasteiger partial charge >= 0.3 is 0 Å². The molecule has 0 aliphatic heterocycles. The van der Waals surface area contributed by atoms with E-state index in [1.165, 1.54) is 57.7 Å². The number of oxime groups is 1. The summed E-state index contributed by atoms with van der Waals surface area (Å²) in [6.07, 6.45) is 27.7. The first-order valence-electron chi connectivity index (χ1n) is 48.8. The quantitative estimate of drug-likeness (QED) is 0.00246. The minimum Gasteiger partial charge on any atom is -0.409 e. The van der Waals surface area contributed by atoms with Crippen LogP contribution in [0.3, 0.4) is 0 Å². The number of nitrogens with one attached hydrogen (secondary N) is 9. The normalized spacial score (nSPS) is 11.9. The summed E-state index contributed by atoms with van der Waals surface area (Å²) in [5, 5.41) is 58.6. The highest BCUT2D eigenvalue weighted by molar-refractivity contribution is 8.11. The number of carbonyl (C=O) groups is 8. The van der Waals surface area contributed by atoms with Gasteiger partial charge in [-0.3, -0.25) is 69.4 Å². The lowest BCUT2D eigenvalue weighted by molar-refractivity contribution is -0.130. The zero-order chi connectivity index (χ0) is 107. The van der Waals surface area contributed by atoms with Crippen LogP contribution in [-0.2, 0) is 38.4 Å². The van der Waals surface area contributed by atoms with E-state index in [2.05, 4.69) is 106 Å². The zero-order valence-electron chi connectivity index (χ0n) is 83.5. The average Bonchev–Trinajstić information content (AvgIpc) is 1.52. The van der Waals surface area contributed by atoms with Gasteiger partial charge in [0.15, 0.2) is 0 Å². The molecule has 0 saturated carbocycles.